The molecule has 2 N–H and O–H groups in total. The van der Waals surface area contributed by atoms with Gasteiger partial charge in [0.2, 0.25) is 0 Å². The summed E-state index contributed by atoms with van der Waals surface area (Å²) in [7, 11) is 0. The van der Waals surface area contributed by atoms with Crippen LogP contribution in [0.2, 0.25) is 0 Å². The number of benzene rings is 1. The zero-order chi connectivity index (χ0) is 10.5. The molecule has 0 unspecified atom stereocenters. The highest BCUT2D eigenvalue weighted by Gasteiger charge is 2.08. The molecule has 1 aromatic rings. The van der Waals surface area contributed by atoms with Gasteiger partial charge in [0.05, 0.1) is 0 Å². The minimum atomic E-state index is 0.639. The highest BCUT2D eigenvalue weighted by molar-refractivity contribution is 5.47. The molecule has 0 bridgehead atoms. The van der Waals surface area contributed by atoms with Crippen LogP contribution in [0.5, 0.6) is 0 Å². The van der Waals surface area contributed by atoms with Gasteiger partial charge in [-0.2, -0.15) is 0 Å². The van der Waals surface area contributed by atoms with E-state index in [1.54, 1.807) is 0 Å². The van der Waals surface area contributed by atoms with Gasteiger partial charge in [0, 0.05) is 25.3 Å². The fraction of sp³-hybridized carbons (Fsp3) is 0.538. The zero-order valence-corrected chi connectivity index (χ0v) is 9.28. The number of anilines is 1. The van der Waals surface area contributed by atoms with E-state index < -0.39 is 0 Å². The average molecular weight is 204 g/mol. The molecule has 1 aromatic carbocycles. The summed E-state index contributed by atoms with van der Waals surface area (Å²) in [5.41, 5.74) is 8.16. The Labute approximate surface area is 92.1 Å². The molecule has 1 heterocycles. The standard InChI is InChI=1S/C13H20N2/c14-11-12-5-7-13(8-6-12)15-9-3-1-2-4-10-15/h5-8H,1-4,9-11,14H2. The predicted octanol–water partition coefficient (Wildman–Crippen LogP) is 2.53. The van der Waals surface area contributed by atoms with E-state index in [1.165, 1.54) is 50.0 Å². The van der Waals surface area contributed by atoms with Gasteiger partial charge >= 0.3 is 0 Å². The molecule has 0 aliphatic carbocycles. The molecule has 82 valence electrons. The van der Waals surface area contributed by atoms with Gasteiger partial charge in [0.25, 0.3) is 0 Å². The van der Waals surface area contributed by atoms with Crippen molar-refractivity contribution in [3.63, 3.8) is 0 Å². The van der Waals surface area contributed by atoms with Crippen LogP contribution < -0.4 is 10.6 Å². The fourth-order valence-corrected chi connectivity index (χ4v) is 2.17. The lowest BCUT2D eigenvalue weighted by molar-refractivity contribution is 0.726. The summed E-state index contributed by atoms with van der Waals surface area (Å²) < 4.78 is 0. The van der Waals surface area contributed by atoms with Gasteiger partial charge in [0.15, 0.2) is 0 Å². The summed E-state index contributed by atoms with van der Waals surface area (Å²) in [6, 6.07) is 8.68. The van der Waals surface area contributed by atoms with Crippen LogP contribution in [0.3, 0.4) is 0 Å². The number of hydrogen-bond acceptors (Lipinski definition) is 2. The van der Waals surface area contributed by atoms with E-state index >= 15 is 0 Å². The van der Waals surface area contributed by atoms with Crippen LogP contribution in [-0.4, -0.2) is 13.1 Å². The lowest BCUT2D eigenvalue weighted by Gasteiger charge is -2.22. The molecule has 2 heteroatoms. The van der Waals surface area contributed by atoms with E-state index in [2.05, 4.69) is 29.2 Å². The molecule has 1 saturated heterocycles. The smallest absolute Gasteiger partial charge is 0.0366 e. The molecule has 0 radical (unpaired) electrons. The molecule has 2 nitrogen and oxygen atoms in total. The van der Waals surface area contributed by atoms with Crippen LogP contribution in [0.1, 0.15) is 31.2 Å². The molecule has 0 spiro atoms. The second-order valence-corrected chi connectivity index (χ2v) is 4.27. The van der Waals surface area contributed by atoms with Crippen LogP contribution in [-0.2, 0) is 6.54 Å². The van der Waals surface area contributed by atoms with Crippen LogP contribution in [0.4, 0.5) is 5.69 Å². The second-order valence-electron chi connectivity index (χ2n) is 4.27. The number of rotatable bonds is 2. The predicted molar refractivity (Wildman–Crippen MR) is 65.0 cm³/mol. The Hall–Kier alpha value is -1.02. The van der Waals surface area contributed by atoms with E-state index in [9.17, 15) is 0 Å². The number of nitrogens with zero attached hydrogens (tertiary/aromatic N) is 1. The Kier molecular flexibility index (Phi) is 3.62. The van der Waals surface area contributed by atoms with Gasteiger partial charge in [-0.05, 0) is 30.5 Å². The zero-order valence-electron chi connectivity index (χ0n) is 9.28. The molecule has 0 aromatic heterocycles. The first-order valence-electron chi connectivity index (χ1n) is 5.94. The van der Waals surface area contributed by atoms with Gasteiger partial charge in [0.1, 0.15) is 0 Å². The third kappa shape index (κ3) is 2.72. The van der Waals surface area contributed by atoms with Crippen molar-refractivity contribution in [3.8, 4) is 0 Å². The molecule has 0 saturated carbocycles. The topological polar surface area (TPSA) is 29.3 Å². The van der Waals surface area contributed by atoms with Gasteiger partial charge in [-0.15, -0.1) is 0 Å². The lowest BCUT2D eigenvalue weighted by atomic mass is 10.2. The summed E-state index contributed by atoms with van der Waals surface area (Å²) in [5, 5.41) is 0. The Morgan fingerprint density at radius 1 is 0.933 bits per heavy atom. The summed E-state index contributed by atoms with van der Waals surface area (Å²) in [5.74, 6) is 0. The van der Waals surface area contributed by atoms with Crippen LogP contribution in [0, 0.1) is 0 Å². The Bertz CT molecular complexity index is 284. The monoisotopic (exact) mass is 204 g/mol. The van der Waals surface area contributed by atoms with Gasteiger partial charge < -0.3 is 10.6 Å². The van der Waals surface area contributed by atoms with Crippen molar-refractivity contribution in [2.24, 2.45) is 5.73 Å². The van der Waals surface area contributed by atoms with Crippen LogP contribution >= 0.6 is 0 Å². The van der Waals surface area contributed by atoms with Crippen molar-refractivity contribution in [1.82, 2.24) is 0 Å². The molecule has 0 amide bonds. The third-order valence-corrected chi connectivity index (χ3v) is 3.14. The minimum absolute atomic E-state index is 0.639. The molecule has 1 aliphatic heterocycles. The molecule has 15 heavy (non-hydrogen) atoms. The van der Waals surface area contributed by atoms with E-state index in [0.29, 0.717) is 6.54 Å². The van der Waals surface area contributed by atoms with Crippen molar-refractivity contribution in [2.75, 3.05) is 18.0 Å². The minimum Gasteiger partial charge on any atom is -0.372 e. The van der Waals surface area contributed by atoms with Gasteiger partial charge in [-0.25, -0.2) is 0 Å². The van der Waals surface area contributed by atoms with Crippen LogP contribution in [0.15, 0.2) is 24.3 Å². The van der Waals surface area contributed by atoms with Crippen molar-refractivity contribution >= 4 is 5.69 Å². The molecule has 1 aliphatic rings. The van der Waals surface area contributed by atoms with Crippen molar-refractivity contribution in [1.29, 1.82) is 0 Å². The maximum atomic E-state index is 5.59. The summed E-state index contributed by atoms with van der Waals surface area (Å²) in [4.78, 5) is 2.49. The van der Waals surface area contributed by atoms with Crippen molar-refractivity contribution in [2.45, 2.75) is 32.2 Å². The maximum absolute atomic E-state index is 5.59. The molecular formula is C13H20N2. The third-order valence-electron chi connectivity index (χ3n) is 3.14. The largest absolute Gasteiger partial charge is 0.372 e. The Morgan fingerprint density at radius 3 is 2.07 bits per heavy atom. The average Bonchev–Trinajstić information content (AvgIpc) is 2.58. The first-order chi connectivity index (χ1) is 7.40. The number of hydrogen-bond donors (Lipinski definition) is 1. The highest BCUT2D eigenvalue weighted by atomic mass is 15.1. The normalized spacial score (nSPS) is 17.5. The summed E-state index contributed by atoms with van der Waals surface area (Å²) in [6.45, 7) is 3.06. The lowest BCUT2D eigenvalue weighted by Crippen LogP contribution is -2.23. The Morgan fingerprint density at radius 2 is 1.53 bits per heavy atom. The highest BCUT2D eigenvalue weighted by Crippen LogP contribution is 2.19. The van der Waals surface area contributed by atoms with E-state index in [4.69, 9.17) is 5.73 Å². The van der Waals surface area contributed by atoms with Crippen molar-refractivity contribution < 1.29 is 0 Å². The molecule has 1 fully saturated rings. The first kappa shape index (κ1) is 10.5. The fourth-order valence-electron chi connectivity index (χ4n) is 2.17. The van der Waals surface area contributed by atoms with Crippen molar-refractivity contribution in [3.05, 3.63) is 29.8 Å². The maximum Gasteiger partial charge on any atom is 0.0366 e. The first-order valence-corrected chi connectivity index (χ1v) is 5.94. The van der Waals surface area contributed by atoms with Gasteiger partial charge in [-0.1, -0.05) is 25.0 Å². The van der Waals surface area contributed by atoms with E-state index in [-0.39, 0.29) is 0 Å². The van der Waals surface area contributed by atoms with Crippen LogP contribution in [0.25, 0.3) is 0 Å². The SMILES string of the molecule is NCc1ccc(N2CCCCCC2)cc1. The Balaban J connectivity index is 2.06. The summed E-state index contributed by atoms with van der Waals surface area (Å²) >= 11 is 0. The molecule has 0 atom stereocenters. The number of nitrogens with two attached hydrogens (primary N) is 1. The quantitative estimate of drug-likeness (QED) is 0.802. The second kappa shape index (κ2) is 5.17. The molecular weight excluding hydrogens is 184 g/mol. The van der Waals surface area contributed by atoms with E-state index in [1.807, 2.05) is 0 Å². The molecule has 2 rings (SSSR count). The van der Waals surface area contributed by atoms with E-state index in [0.717, 1.165) is 0 Å². The summed E-state index contributed by atoms with van der Waals surface area (Å²) in [6.07, 6.45) is 5.44. The van der Waals surface area contributed by atoms with Gasteiger partial charge in [-0.3, -0.25) is 0 Å².